The van der Waals surface area contributed by atoms with Crippen molar-refractivity contribution in [3.8, 4) is 0 Å². The summed E-state index contributed by atoms with van der Waals surface area (Å²) in [6.45, 7) is 5.78. The molecule has 0 spiro atoms. The zero-order valence-electron chi connectivity index (χ0n) is 12.0. The molecule has 1 aliphatic carbocycles. The van der Waals surface area contributed by atoms with Gasteiger partial charge in [-0.1, -0.05) is 11.6 Å². The first-order valence-corrected chi connectivity index (χ1v) is 6.73. The summed E-state index contributed by atoms with van der Waals surface area (Å²) >= 11 is 0. The number of hydrogen-bond donors (Lipinski definition) is 3. The van der Waals surface area contributed by atoms with Gasteiger partial charge in [-0.25, -0.2) is 9.59 Å². The highest BCUT2D eigenvalue weighted by atomic mass is 16.4. The van der Waals surface area contributed by atoms with Crippen LogP contribution in [0.4, 0.5) is 10.5 Å². The van der Waals surface area contributed by atoms with E-state index >= 15 is 0 Å². The average Bonchev–Trinajstić information content (AvgIpc) is 3.14. The zero-order chi connectivity index (χ0) is 14.9. The lowest BCUT2D eigenvalue weighted by Crippen LogP contribution is -2.47. The highest BCUT2D eigenvalue weighted by Crippen LogP contribution is 2.39. The van der Waals surface area contributed by atoms with Crippen LogP contribution in [0.5, 0.6) is 0 Å². The first-order chi connectivity index (χ1) is 9.29. The van der Waals surface area contributed by atoms with Crippen LogP contribution in [-0.4, -0.2) is 22.6 Å². The van der Waals surface area contributed by atoms with Gasteiger partial charge >= 0.3 is 12.0 Å². The molecule has 2 rings (SSSR count). The van der Waals surface area contributed by atoms with Crippen LogP contribution in [0, 0.1) is 12.8 Å². The minimum Gasteiger partial charge on any atom is -0.478 e. The molecular formula is C15H20N2O3. The minimum atomic E-state index is -1.05. The van der Waals surface area contributed by atoms with Crippen LogP contribution >= 0.6 is 0 Å². The van der Waals surface area contributed by atoms with Gasteiger partial charge in [0.1, 0.15) is 0 Å². The second-order valence-corrected chi connectivity index (χ2v) is 5.93. The van der Waals surface area contributed by atoms with Gasteiger partial charge in [0.05, 0.1) is 11.3 Å². The van der Waals surface area contributed by atoms with E-state index in [0.29, 0.717) is 11.6 Å². The summed E-state index contributed by atoms with van der Waals surface area (Å²) in [7, 11) is 0. The summed E-state index contributed by atoms with van der Waals surface area (Å²) in [6, 6.07) is 4.56. The molecule has 0 aromatic heterocycles. The average molecular weight is 276 g/mol. The van der Waals surface area contributed by atoms with Crippen molar-refractivity contribution in [2.24, 2.45) is 5.92 Å². The number of rotatable bonds is 4. The standard InChI is InChI=1S/C15H20N2O3/c1-9-4-7-12(11(8-9)13(18)19)16-14(20)17-15(2,3)10-5-6-10/h4,7-8,10H,5-6H2,1-3H3,(H,18,19)(H2,16,17,20). The minimum absolute atomic E-state index is 0.101. The lowest BCUT2D eigenvalue weighted by atomic mass is 9.99. The van der Waals surface area contributed by atoms with E-state index in [0.717, 1.165) is 18.4 Å². The Morgan fingerprint density at radius 2 is 1.95 bits per heavy atom. The summed E-state index contributed by atoms with van der Waals surface area (Å²) in [5.74, 6) is -0.546. The molecule has 1 aromatic rings. The Balaban J connectivity index is 2.09. The van der Waals surface area contributed by atoms with E-state index in [4.69, 9.17) is 5.11 Å². The third-order valence-corrected chi connectivity index (χ3v) is 3.69. The number of carboxylic acids is 1. The van der Waals surface area contributed by atoms with Crippen molar-refractivity contribution in [1.82, 2.24) is 5.32 Å². The topological polar surface area (TPSA) is 78.4 Å². The molecule has 20 heavy (non-hydrogen) atoms. The number of urea groups is 1. The van der Waals surface area contributed by atoms with Gasteiger partial charge in [0.2, 0.25) is 0 Å². The molecular weight excluding hydrogens is 256 g/mol. The molecule has 1 aliphatic rings. The summed E-state index contributed by atoms with van der Waals surface area (Å²) in [4.78, 5) is 23.2. The maximum atomic E-state index is 12.0. The highest BCUT2D eigenvalue weighted by molar-refractivity contribution is 6.00. The van der Waals surface area contributed by atoms with Crippen LogP contribution in [0.25, 0.3) is 0 Å². The van der Waals surface area contributed by atoms with E-state index in [1.807, 2.05) is 20.8 Å². The molecule has 0 bridgehead atoms. The maximum Gasteiger partial charge on any atom is 0.337 e. The smallest absolute Gasteiger partial charge is 0.337 e. The van der Waals surface area contributed by atoms with Gasteiger partial charge in [-0.15, -0.1) is 0 Å². The fourth-order valence-electron chi connectivity index (χ4n) is 2.30. The van der Waals surface area contributed by atoms with Crippen molar-refractivity contribution in [3.63, 3.8) is 0 Å². The number of aromatic carboxylic acids is 1. The number of benzene rings is 1. The number of hydrogen-bond acceptors (Lipinski definition) is 2. The molecule has 1 saturated carbocycles. The molecule has 5 nitrogen and oxygen atoms in total. The first kappa shape index (κ1) is 14.4. The SMILES string of the molecule is Cc1ccc(NC(=O)NC(C)(C)C2CC2)c(C(=O)O)c1. The number of carbonyl (C=O) groups is 2. The second-order valence-electron chi connectivity index (χ2n) is 5.93. The molecule has 0 saturated heterocycles. The van der Waals surface area contributed by atoms with Crippen molar-refractivity contribution >= 4 is 17.7 Å². The van der Waals surface area contributed by atoms with Gasteiger partial charge < -0.3 is 15.7 Å². The normalized spacial score (nSPS) is 14.8. The van der Waals surface area contributed by atoms with E-state index in [1.54, 1.807) is 18.2 Å². The second kappa shape index (κ2) is 5.15. The molecule has 0 unspecified atom stereocenters. The van der Waals surface area contributed by atoms with Gasteiger partial charge in [-0.3, -0.25) is 0 Å². The number of amides is 2. The Labute approximate surface area is 118 Å². The third kappa shape index (κ3) is 3.29. The molecule has 108 valence electrons. The quantitative estimate of drug-likeness (QED) is 0.791. The Hall–Kier alpha value is -2.04. The van der Waals surface area contributed by atoms with Gasteiger partial charge in [0.15, 0.2) is 0 Å². The summed E-state index contributed by atoms with van der Waals surface area (Å²) in [5.41, 5.74) is 0.987. The Bertz CT molecular complexity index is 548. The van der Waals surface area contributed by atoms with Crippen molar-refractivity contribution in [3.05, 3.63) is 29.3 Å². The first-order valence-electron chi connectivity index (χ1n) is 6.73. The fourth-order valence-corrected chi connectivity index (χ4v) is 2.30. The van der Waals surface area contributed by atoms with Crippen molar-refractivity contribution < 1.29 is 14.7 Å². The summed E-state index contributed by atoms with van der Waals surface area (Å²) < 4.78 is 0. The van der Waals surface area contributed by atoms with Gasteiger partial charge in [0, 0.05) is 5.54 Å². The lowest BCUT2D eigenvalue weighted by molar-refractivity contribution is 0.0698. The highest BCUT2D eigenvalue weighted by Gasteiger charge is 2.38. The number of nitrogens with one attached hydrogen (secondary N) is 2. The fraction of sp³-hybridized carbons (Fsp3) is 0.467. The molecule has 3 N–H and O–H groups in total. The van der Waals surface area contributed by atoms with Crippen LogP contribution in [-0.2, 0) is 0 Å². The predicted octanol–water partition coefficient (Wildman–Crippen LogP) is 3.00. The van der Waals surface area contributed by atoms with Crippen LogP contribution < -0.4 is 10.6 Å². The number of carbonyl (C=O) groups excluding carboxylic acids is 1. The van der Waals surface area contributed by atoms with Gasteiger partial charge in [-0.2, -0.15) is 0 Å². The number of aryl methyl sites for hydroxylation is 1. The Kier molecular flexibility index (Phi) is 3.70. The van der Waals surface area contributed by atoms with E-state index < -0.39 is 5.97 Å². The zero-order valence-corrected chi connectivity index (χ0v) is 12.0. The molecule has 0 radical (unpaired) electrons. The van der Waals surface area contributed by atoms with Crippen molar-refractivity contribution in [2.75, 3.05) is 5.32 Å². The van der Waals surface area contributed by atoms with Crippen LogP contribution in [0.2, 0.25) is 0 Å². The van der Waals surface area contributed by atoms with E-state index in [2.05, 4.69) is 10.6 Å². The van der Waals surface area contributed by atoms with E-state index in [9.17, 15) is 9.59 Å². The molecule has 0 aliphatic heterocycles. The van der Waals surface area contributed by atoms with Crippen molar-refractivity contribution in [1.29, 1.82) is 0 Å². The van der Waals surface area contributed by atoms with Crippen LogP contribution in [0.1, 0.15) is 42.6 Å². The molecule has 1 aromatic carbocycles. The monoisotopic (exact) mass is 276 g/mol. The predicted molar refractivity (Wildman–Crippen MR) is 77.1 cm³/mol. The summed E-state index contributed by atoms with van der Waals surface area (Å²) in [6.07, 6.45) is 2.25. The maximum absolute atomic E-state index is 12.0. The van der Waals surface area contributed by atoms with Gasteiger partial charge in [0.25, 0.3) is 0 Å². The number of carboxylic acid groups (broad SMARTS) is 1. The largest absolute Gasteiger partial charge is 0.478 e. The summed E-state index contributed by atoms with van der Waals surface area (Å²) in [5, 5.41) is 14.7. The van der Waals surface area contributed by atoms with E-state index in [-0.39, 0.29) is 17.1 Å². The Morgan fingerprint density at radius 1 is 1.30 bits per heavy atom. The number of anilines is 1. The molecule has 1 fully saturated rings. The van der Waals surface area contributed by atoms with E-state index in [1.165, 1.54) is 0 Å². The van der Waals surface area contributed by atoms with Gasteiger partial charge in [-0.05, 0) is 51.7 Å². The van der Waals surface area contributed by atoms with Crippen LogP contribution in [0.15, 0.2) is 18.2 Å². The molecule has 5 heteroatoms. The molecule has 2 amide bonds. The molecule has 0 atom stereocenters. The third-order valence-electron chi connectivity index (χ3n) is 3.69. The van der Waals surface area contributed by atoms with Crippen molar-refractivity contribution in [2.45, 2.75) is 39.2 Å². The van der Waals surface area contributed by atoms with Crippen LogP contribution in [0.3, 0.4) is 0 Å². The Morgan fingerprint density at radius 3 is 2.50 bits per heavy atom. The molecule has 0 heterocycles. The lowest BCUT2D eigenvalue weighted by Gasteiger charge is -2.26.